The van der Waals surface area contributed by atoms with E-state index in [9.17, 15) is 18.9 Å². The van der Waals surface area contributed by atoms with Crippen LogP contribution in [-0.4, -0.2) is 36.4 Å². The second-order valence-corrected chi connectivity index (χ2v) is 8.58. The third-order valence-corrected chi connectivity index (χ3v) is 6.94. The second kappa shape index (κ2) is 8.91. The van der Waals surface area contributed by atoms with Crippen LogP contribution in [-0.2, 0) is 28.0 Å². The monoisotopic (exact) mass is 396 g/mol. The van der Waals surface area contributed by atoms with Gasteiger partial charge in [0.25, 0.3) is 0 Å². The first-order valence-electron chi connectivity index (χ1n) is 8.94. The molecule has 1 heterocycles. The summed E-state index contributed by atoms with van der Waals surface area (Å²) in [5.74, 6) is -2.64. The van der Waals surface area contributed by atoms with Gasteiger partial charge in [-0.2, -0.15) is 0 Å². The standard InChI is InChI=1S/C19H25O7P/c1-5-24-27(23,25-6-2)18-17(15(13(4)21)11-12(3)20)14-9-7-8-10-16(14)26-19(18)22/h7-10,15,17-18H,5-6,11H2,1-4H3/t15-,17-,18?/m1/s1. The maximum Gasteiger partial charge on any atom is 0.345 e. The van der Waals surface area contributed by atoms with Crippen LogP contribution in [0.1, 0.15) is 45.6 Å². The number of ketones is 2. The van der Waals surface area contributed by atoms with Crippen molar-refractivity contribution in [2.75, 3.05) is 13.2 Å². The quantitative estimate of drug-likeness (QED) is 0.358. The van der Waals surface area contributed by atoms with Crippen LogP contribution in [0.25, 0.3) is 0 Å². The maximum absolute atomic E-state index is 13.5. The molecule has 1 aromatic carbocycles. The molecular formula is C19H25O7P. The fourth-order valence-corrected chi connectivity index (χ4v) is 5.68. The number of carbonyl (C=O) groups excluding carboxylic acids is 3. The molecule has 0 amide bonds. The van der Waals surface area contributed by atoms with Gasteiger partial charge in [0.1, 0.15) is 17.3 Å². The van der Waals surface area contributed by atoms with Crippen molar-refractivity contribution in [3.63, 3.8) is 0 Å². The Bertz CT molecular complexity index is 763. The first kappa shape index (κ1) is 21.5. The number of fused-ring (bicyclic) bond motifs is 1. The number of rotatable bonds is 9. The average molecular weight is 396 g/mol. The summed E-state index contributed by atoms with van der Waals surface area (Å²) in [6.07, 6.45) is -0.0731. The van der Waals surface area contributed by atoms with Crippen molar-refractivity contribution in [1.82, 2.24) is 0 Å². The molecule has 0 aromatic heterocycles. The Morgan fingerprint density at radius 3 is 2.26 bits per heavy atom. The average Bonchev–Trinajstić information content (AvgIpc) is 2.58. The Morgan fingerprint density at radius 1 is 1.15 bits per heavy atom. The van der Waals surface area contributed by atoms with Gasteiger partial charge >= 0.3 is 13.6 Å². The zero-order valence-electron chi connectivity index (χ0n) is 16.0. The molecule has 0 saturated heterocycles. The number of esters is 1. The zero-order chi connectivity index (χ0) is 20.2. The van der Waals surface area contributed by atoms with Gasteiger partial charge in [0.2, 0.25) is 0 Å². The minimum absolute atomic E-state index is 0.0624. The summed E-state index contributed by atoms with van der Waals surface area (Å²) in [7, 11) is -3.94. The van der Waals surface area contributed by atoms with Crippen molar-refractivity contribution < 1.29 is 32.7 Å². The molecule has 0 saturated carbocycles. The van der Waals surface area contributed by atoms with E-state index in [0.29, 0.717) is 5.56 Å². The molecule has 0 aliphatic carbocycles. The van der Waals surface area contributed by atoms with Crippen molar-refractivity contribution in [1.29, 1.82) is 0 Å². The molecule has 8 heteroatoms. The summed E-state index contributed by atoms with van der Waals surface area (Å²) in [6.45, 7) is 6.14. The molecule has 1 aromatic rings. The first-order valence-corrected chi connectivity index (χ1v) is 10.6. The molecule has 0 N–H and O–H groups in total. The van der Waals surface area contributed by atoms with Crippen LogP contribution in [0.3, 0.4) is 0 Å². The highest BCUT2D eigenvalue weighted by molar-refractivity contribution is 7.55. The third-order valence-electron chi connectivity index (χ3n) is 4.49. The van der Waals surface area contributed by atoms with Gasteiger partial charge in [-0.3, -0.25) is 14.2 Å². The smallest absolute Gasteiger partial charge is 0.345 e. The number of ether oxygens (including phenoxy) is 1. The van der Waals surface area contributed by atoms with E-state index in [1.165, 1.54) is 13.8 Å². The van der Waals surface area contributed by atoms with E-state index >= 15 is 0 Å². The molecule has 0 spiro atoms. The fraction of sp³-hybridized carbons (Fsp3) is 0.526. The normalized spacial score (nSPS) is 20.5. The number of hydrogen-bond donors (Lipinski definition) is 0. The lowest BCUT2D eigenvalue weighted by Gasteiger charge is -2.38. The van der Waals surface area contributed by atoms with Crippen LogP contribution in [0.15, 0.2) is 24.3 Å². The Labute approximate surface area is 158 Å². The highest BCUT2D eigenvalue weighted by Gasteiger charge is 2.54. The molecule has 0 bridgehead atoms. The summed E-state index contributed by atoms with van der Waals surface area (Å²) in [5, 5.41) is 0. The zero-order valence-corrected chi connectivity index (χ0v) is 16.9. The molecule has 0 radical (unpaired) electrons. The Hall–Kier alpha value is -1.82. The molecule has 27 heavy (non-hydrogen) atoms. The SMILES string of the molecule is CCOP(=O)(OCC)C1C(=O)Oc2ccccc2[C@@H]1[C@H](CC(C)=O)C(C)=O. The van der Waals surface area contributed by atoms with Gasteiger partial charge < -0.3 is 18.6 Å². The van der Waals surface area contributed by atoms with Gasteiger partial charge in [0, 0.05) is 23.8 Å². The molecule has 2 rings (SSSR count). The van der Waals surface area contributed by atoms with Crippen molar-refractivity contribution in [2.45, 2.75) is 45.7 Å². The summed E-state index contributed by atoms with van der Waals surface area (Å²) < 4.78 is 29.6. The minimum Gasteiger partial charge on any atom is -0.426 e. The number of benzene rings is 1. The minimum atomic E-state index is -3.94. The van der Waals surface area contributed by atoms with Crippen LogP contribution >= 0.6 is 7.60 Å². The number of carbonyl (C=O) groups is 3. The molecule has 3 atom stereocenters. The highest BCUT2D eigenvalue weighted by atomic mass is 31.2. The third kappa shape index (κ3) is 4.54. The summed E-state index contributed by atoms with van der Waals surface area (Å²) in [6, 6.07) is 6.74. The first-order chi connectivity index (χ1) is 12.7. The molecule has 1 aliphatic heterocycles. The second-order valence-electron chi connectivity index (χ2n) is 6.43. The van der Waals surface area contributed by atoms with Crippen LogP contribution in [0.5, 0.6) is 5.75 Å². The van der Waals surface area contributed by atoms with Gasteiger partial charge in [0.15, 0.2) is 5.66 Å². The largest absolute Gasteiger partial charge is 0.426 e. The maximum atomic E-state index is 13.5. The molecule has 1 unspecified atom stereocenters. The lowest BCUT2D eigenvalue weighted by Crippen LogP contribution is -2.42. The predicted molar refractivity (Wildman–Crippen MR) is 98.9 cm³/mol. The lowest BCUT2D eigenvalue weighted by molar-refractivity contribution is -0.137. The van der Waals surface area contributed by atoms with Crippen molar-refractivity contribution in [3.05, 3.63) is 29.8 Å². The van der Waals surface area contributed by atoms with Gasteiger partial charge in [-0.05, 0) is 33.8 Å². The molecule has 1 aliphatic rings. The Morgan fingerprint density at radius 2 is 1.74 bits per heavy atom. The van der Waals surface area contributed by atoms with E-state index in [0.717, 1.165) is 0 Å². The van der Waals surface area contributed by atoms with E-state index in [1.54, 1.807) is 38.1 Å². The highest BCUT2D eigenvalue weighted by Crippen LogP contribution is 2.61. The fourth-order valence-electron chi connectivity index (χ4n) is 3.49. The number of para-hydroxylation sites is 1. The van der Waals surface area contributed by atoms with Crippen molar-refractivity contribution in [2.24, 2.45) is 5.92 Å². The van der Waals surface area contributed by atoms with Gasteiger partial charge in [0.05, 0.1) is 13.2 Å². The van der Waals surface area contributed by atoms with Crippen LogP contribution < -0.4 is 4.74 Å². The van der Waals surface area contributed by atoms with Crippen LogP contribution in [0.2, 0.25) is 0 Å². The van der Waals surface area contributed by atoms with Gasteiger partial charge in [-0.1, -0.05) is 18.2 Å². The summed E-state index contributed by atoms with van der Waals surface area (Å²) in [4.78, 5) is 37.0. The topological polar surface area (TPSA) is 96.0 Å². The Kier molecular flexibility index (Phi) is 7.09. The molecular weight excluding hydrogens is 371 g/mol. The summed E-state index contributed by atoms with van der Waals surface area (Å²) in [5.41, 5.74) is -0.774. The van der Waals surface area contributed by atoms with E-state index in [1.807, 2.05) is 0 Å². The van der Waals surface area contributed by atoms with Crippen LogP contribution in [0, 0.1) is 5.92 Å². The van der Waals surface area contributed by atoms with Gasteiger partial charge in [-0.15, -0.1) is 0 Å². The van der Waals surface area contributed by atoms with E-state index in [-0.39, 0.29) is 37.0 Å². The molecule has 0 fully saturated rings. The predicted octanol–water partition coefficient (Wildman–Crippen LogP) is 3.51. The molecule has 148 valence electrons. The molecule has 7 nitrogen and oxygen atoms in total. The number of Topliss-reactive ketones (excluding diaryl/α,β-unsaturated/α-hetero) is 2. The van der Waals surface area contributed by atoms with E-state index in [4.69, 9.17) is 13.8 Å². The lowest BCUT2D eigenvalue weighted by atomic mass is 9.77. The van der Waals surface area contributed by atoms with E-state index < -0.39 is 31.1 Å². The van der Waals surface area contributed by atoms with Crippen molar-refractivity contribution >= 4 is 25.1 Å². The van der Waals surface area contributed by atoms with Crippen LogP contribution in [0.4, 0.5) is 0 Å². The summed E-state index contributed by atoms with van der Waals surface area (Å²) >= 11 is 0. The van der Waals surface area contributed by atoms with Gasteiger partial charge in [-0.25, -0.2) is 0 Å². The number of hydrogen-bond acceptors (Lipinski definition) is 7. The van der Waals surface area contributed by atoms with Crippen molar-refractivity contribution in [3.8, 4) is 5.75 Å². The van der Waals surface area contributed by atoms with E-state index in [2.05, 4.69) is 0 Å². The Balaban J connectivity index is 2.68.